The van der Waals surface area contributed by atoms with Crippen LogP contribution in [0.1, 0.15) is 59.1 Å². The maximum atomic E-state index is 12.0. The largest absolute Gasteiger partial charge is 0.465 e. The Bertz CT molecular complexity index is 484. The number of rotatable bonds is 5. The molecule has 0 radical (unpaired) electrons. The monoisotopic (exact) mass is 310 g/mol. The summed E-state index contributed by atoms with van der Waals surface area (Å²) in [7, 11) is 0. The van der Waals surface area contributed by atoms with Crippen LogP contribution in [0.25, 0.3) is 0 Å². The van der Waals surface area contributed by atoms with E-state index in [0.29, 0.717) is 12.6 Å². The highest BCUT2D eigenvalue weighted by Crippen LogP contribution is 2.31. The molecule has 1 aliphatic carbocycles. The molecule has 1 N–H and O–H groups in total. The zero-order valence-corrected chi connectivity index (χ0v) is 14.3. The number of carbonyl (C=O) groups excluding carboxylic acids is 1. The molecule has 5 heteroatoms. The highest BCUT2D eigenvalue weighted by atomic mass is 32.1. The molecule has 0 bridgehead atoms. The van der Waals surface area contributed by atoms with Crippen LogP contribution in [0.4, 0.5) is 5.13 Å². The molecule has 0 aliphatic heterocycles. The first kappa shape index (κ1) is 16.3. The zero-order chi connectivity index (χ0) is 15.5. The summed E-state index contributed by atoms with van der Waals surface area (Å²) in [6.07, 6.45) is 5.03. The Morgan fingerprint density at radius 2 is 2.29 bits per heavy atom. The zero-order valence-electron chi connectivity index (χ0n) is 13.4. The van der Waals surface area contributed by atoms with Gasteiger partial charge in [-0.3, -0.25) is 4.79 Å². The third-order valence-electron chi connectivity index (χ3n) is 4.19. The second-order valence-electron chi connectivity index (χ2n) is 6.50. The van der Waals surface area contributed by atoms with Gasteiger partial charge in [0.25, 0.3) is 0 Å². The van der Waals surface area contributed by atoms with Crippen molar-refractivity contribution in [2.24, 2.45) is 5.92 Å². The first-order valence-corrected chi connectivity index (χ1v) is 8.71. The Morgan fingerprint density at radius 1 is 1.52 bits per heavy atom. The van der Waals surface area contributed by atoms with Crippen LogP contribution in [0.15, 0.2) is 5.38 Å². The number of esters is 1. The lowest BCUT2D eigenvalue weighted by Gasteiger charge is -2.27. The molecule has 0 spiro atoms. The van der Waals surface area contributed by atoms with Crippen LogP contribution in [-0.2, 0) is 14.9 Å². The molecule has 2 rings (SSSR count). The third-order valence-corrected chi connectivity index (χ3v) is 4.97. The van der Waals surface area contributed by atoms with Crippen molar-refractivity contribution in [2.45, 2.75) is 64.8 Å². The summed E-state index contributed by atoms with van der Waals surface area (Å²) in [6, 6.07) is 0.512. The van der Waals surface area contributed by atoms with Gasteiger partial charge in [-0.1, -0.05) is 19.8 Å². The van der Waals surface area contributed by atoms with Crippen LogP contribution in [0.5, 0.6) is 0 Å². The first-order chi connectivity index (χ1) is 9.93. The second kappa shape index (κ2) is 6.77. The summed E-state index contributed by atoms with van der Waals surface area (Å²) in [4.78, 5) is 16.6. The third kappa shape index (κ3) is 3.96. The van der Waals surface area contributed by atoms with Crippen molar-refractivity contribution >= 4 is 22.4 Å². The van der Waals surface area contributed by atoms with Gasteiger partial charge in [-0.25, -0.2) is 4.98 Å². The molecule has 1 aromatic rings. The van der Waals surface area contributed by atoms with E-state index in [0.717, 1.165) is 16.7 Å². The van der Waals surface area contributed by atoms with E-state index < -0.39 is 5.41 Å². The average Bonchev–Trinajstić information content (AvgIpc) is 2.88. The molecule has 21 heavy (non-hydrogen) atoms. The van der Waals surface area contributed by atoms with Gasteiger partial charge >= 0.3 is 5.97 Å². The predicted molar refractivity (Wildman–Crippen MR) is 86.8 cm³/mol. The molecule has 2 unspecified atom stereocenters. The minimum absolute atomic E-state index is 0.215. The van der Waals surface area contributed by atoms with Crippen molar-refractivity contribution in [1.82, 2.24) is 4.98 Å². The SMILES string of the molecule is CCOC(=O)C(C)(C)c1csc(NC2CCCC(C)C2)n1. The number of carbonyl (C=O) groups is 1. The van der Waals surface area contributed by atoms with E-state index in [9.17, 15) is 4.79 Å². The van der Waals surface area contributed by atoms with Crippen LogP contribution in [0.3, 0.4) is 0 Å². The van der Waals surface area contributed by atoms with Gasteiger partial charge in [0.2, 0.25) is 0 Å². The van der Waals surface area contributed by atoms with E-state index in [1.165, 1.54) is 25.7 Å². The number of nitrogens with one attached hydrogen (secondary N) is 1. The Morgan fingerprint density at radius 3 is 2.95 bits per heavy atom. The van der Waals surface area contributed by atoms with Crippen molar-refractivity contribution in [1.29, 1.82) is 0 Å². The lowest BCUT2D eigenvalue weighted by Crippen LogP contribution is -2.31. The Labute approximate surface area is 131 Å². The number of ether oxygens (including phenoxy) is 1. The van der Waals surface area contributed by atoms with E-state index in [4.69, 9.17) is 4.74 Å². The van der Waals surface area contributed by atoms with E-state index >= 15 is 0 Å². The van der Waals surface area contributed by atoms with Crippen LogP contribution < -0.4 is 5.32 Å². The summed E-state index contributed by atoms with van der Waals surface area (Å²) in [5.41, 5.74) is 0.101. The number of thiazole rings is 1. The standard InChI is InChI=1S/C16H26N2O2S/c1-5-20-14(19)16(3,4)13-10-21-15(18-13)17-12-8-6-7-11(2)9-12/h10-12H,5-9H2,1-4H3,(H,17,18). The highest BCUT2D eigenvalue weighted by Gasteiger charge is 2.34. The van der Waals surface area contributed by atoms with Crippen molar-refractivity contribution in [3.63, 3.8) is 0 Å². The molecule has 118 valence electrons. The van der Waals surface area contributed by atoms with Gasteiger partial charge in [0.05, 0.1) is 12.3 Å². The van der Waals surface area contributed by atoms with Gasteiger partial charge in [-0.15, -0.1) is 11.3 Å². The van der Waals surface area contributed by atoms with Gasteiger partial charge in [0, 0.05) is 11.4 Å². The summed E-state index contributed by atoms with van der Waals surface area (Å²) >= 11 is 1.58. The number of hydrogen-bond acceptors (Lipinski definition) is 5. The molecule has 1 fully saturated rings. The number of anilines is 1. The van der Waals surface area contributed by atoms with Gasteiger partial charge in [-0.2, -0.15) is 0 Å². The lowest BCUT2D eigenvalue weighted by molar-refractivity contribution is -0.148. The van der Waals surface area contributed by atoms with Crippen molar-refractivity contribution < 1.29 is 9.53 Å². The molecule has 1 aliphatic rings. The molecular formula is C16H26N2O2S. The molecule has 2 atom stereocenters. The van der Waals surface area contributed by atoms with Crippen LogP contribution in [-0.4, -0.2) is 23.6 Å². The van der Waals surface area contributed by atoms with E-state index in [1.807, 2.05) is 26.2 Å². The molecule has 1 saturated carbocycles. The molecule has 1 heterocycles. The Hall–Kier alpha value is -1.10. The van der Waals surface area contributed by atoms with Crippen LogP contribution in [0, 0.1) is 5.92 Å². The minimum atomic E-state index is -0.688. The smallest absolute Gasteiger partial charge is 0.317 e. The van der Waals surface area contributed by atoms with E-state index in [2.05, 4.69) is 17.2 Å². The van der Waals surface area contributed by atoms with Crippen LogP contribution >= 0.6 is 11.3 Å². The fraction of sp³-hybridized carbons (Fsp3) is 0.750. The number of nitrogens with zero attached hydrogens (tertiary/aromatic N) is 1. The van der Waals surface area contributed by atoms with Crippen molar-refractivity contribution in [3.8, 4) is 0 Å². The van der Waals surface area contributed by atoms with Gasteiger partial charge < -0.3 is 10.1 Å². The molecule has 0 amide bonds. The molecule has 0 aromatic carbocycles. The summed E-state index contributed by atoms with van der Waals surface area (Å²) < 4.78 is 5.14. The van der Waals surface area contributed by atoms with E-state index in [1.54, 1.807) is 11.3 Å². The minimum Gasteiger partial charge on any atom is -0.465 e. The maximum Gasteiger partial charge on any atom is 0.317 e. The topological polar surface area (TPSA) is 51.2 Å². The fourth-order valence-electron chi connectivity index (χ4n) is 2.78. The number of aromatic nitrogens is 1. The van der Waals surface area contributed by atoms with Gasteiger partial charge in [-0.05, 0) is 39.5 Å². The van der Waals surface area contributed by atoms with E-state index in [-0.39, 0.29) is 5.97 Å². The normalized spacial score (nSPS) is 22.9. The van der Waals surface area contributed by atoms with Crippen molar-refractivity contribution in [3.05, 3.63) is 11.1 Å². The second-order valence-corrected chi connectivity index (χ2v) is 7.35. The Balaban J connectivity index is 2.02. The number of hydrogen-bond donors (Lipinski definition) is 1. The van der Waals surface area contributed by atoms with Crippen molar-refractivity contribution in [2.75, 3.05) is 11.9 Å². The lowest BCUT2D eigenvalue weighted by atomic mass is 9.87. The predicted octanol–water partition coefficient (Wildman–Crippen LogP) is 3.97. The summed E-state index contributed by atoms with van der Waals surface area (Å²) in [6.45, 7) is 8.27. The summed E-state index contributed by atoms with van der Waals surface area (Å²) in [5.74, 6) is 0.569. The summed E-state index contributed by atoms with van der Waals surface area (Å²) in [5, 5.41) is 6.41. The molecular weight excluding hydrogens is 284 g/mol. The van der Waals surface area contributed by atoms with Gasteiger partial charge in [0.1, 0.15) is 5.41 Å². The fourth-order valence-corrected chi connectivity index (χ4v) is 3.74. The quantitative estimate of drug-likeness (QED) is 0.836. The Kier molecular flexibility index (Phi) is 5.25. The van der Waals surface area contributed by atoms with Crippen LogP contribution in [0.2, 0.25) is 0 Å². The maximum absolute atomic E-state index is 12.0. The first-order valence-electron chi connectivity index (χ1n) is 7.83. The molecule has 0 saturated heterocycles. The molecule has 1 aromatic heterocycles. The van der Waals surface area contributed by atoms with Gasteiger partial charge in [0.15, 0.2) is 5.13 Å². The highest BCUT2D eigenvalue weighted by molar-refractivity contribution is 7.13. The molecule has 4 nitrogen and oxygen atoms in total. The average molecular weight is 310 g/mol.